The standard InChI is InChI=1S/C8H9N3O2/c12-7(13)6-9-4-11(10-6)8-1-5(2-8)3-8/h4-5H,1-3H2,(H,12,13). The van der Waals surface area contributed by atoms with E-state index < -0.39 is 5.97 Å². The zero-order valence-electron chi connectivity index (χ0n) is 6.97. The quantitative estimate of drug-likeness (QED) is 0.717. The van der Waals surface area contributed by atoms with E-state index in [2.05, 4.69) is 10.1 Å². The van der Waals surface area contributed by atoms with Crippen molar-refractivity contribution in [1.29, 1.82) is 0 Å². The molecule has 3 aliphatic rings. The van der Waals surface area contributed by atoms with Gasteiger partial charge in [0.1, 0.15) is 6.33 Å². The van der Waals surface area contributed by atoms with Gasteiger partial charge < -0.3 is 5.11 Å². The summed E-state index contributed by atoms with van der Waals surface area (Å²) < 4.78 is 1.73. The first-order valence-corrected chi connectivity index (χ1v) is 4.35. The molecular weight excluding hydrogens is 170 g/mol. The normalized spacial score (nSPS) is 34.9. The Morgan fingerprint density at radius 2 is 2.31 bits per heavy atom. The molecule has 13 heavy (non-hydrogen) atoms. The number of aromatic carboxylic acids is 1. The highest BCUT2D eigenvalue weighted by molar-refractivity contribution is 5.82. The molecule has 0 amide bonds. The predicted molar refractivity (Wildman–Crippen MR) is 42.3 cm³/mol. The Labute approximate surface area is 74.4 Å². The average Bonchev–Trinajstić information content (AvgIpc) is 2.28. The van der Waals surface area contributed by atoms with E-state index in [1.54, 1.807) is 11.0 Å². The van der Waals surface area contributed by atoms with Crippen LogP contribution < -0.4 is 0 Å². The first-order chi connectivity index (χ1) is 6.20. The molecule has 1 aromatic heterocycles. The first-order valence-electron chi connectivity index (χ1n) is 4.35. The van der Waals surface area contributed by atoms with E-state index in [0.29, 0.717) is 0 Å². The monoisotopic (exact) mass is 179 g/mol. The number of hydrogen-bond donors (Lipinski definition) is 1. The van der Waals surface area contributed by atoms with Gasteiger partial charge >= 0.3 is 5.97 Å². The molecule has 3 saturated carbocycles. The van der Waals surface area contributed by atoms with Crippen LogP contribution in [0.2, 0.25) is 0 Å². The van der Waals surface area contributed by atoms with E-state index >= 15 is 0 Å². The maximum Gasteiger partial charge on any atom is 0.375 e. The Morgan fingerprint density at radius 3 is 2.69 bits per heavy atom. The van der Waals surface area contributed by atoms with Crippen LogP contribution in [0, 0.1) is 5.92 Å². The van der Waals surface area contributed by atoms with Crippen LogP contribution >= 0.6 is 0 Å². The van der Waals surface area contributed by atoms with Crippen molar-refractivity contribution in [2.24, 2.45) is 5.92 Å². The van der Waals surface area contributed by atoms with Gasteiger partial charge in [-0.1, -0.05) is 0 Å². The second kappa shape index (κ2) is 1.92. The molecule has 0 radical (unpaired) electrons. The van der Waals surface area contributed by atoms with Crippen LogP contribution in [0.4, 0.5) is 0 Å². The number of nitrogens with zero attached hydrogens (tertiary/aromatic N) is 3. The molecule has 5 heteroatoms. The largest absolute Gasteiger partial charge is 0.475 e. The van der Waals surface area contributed by atoms with Gasteiger partial charge in [-0.15, -0.1) is 5.10 Å². The minimum Gasteiger partial charge on any atom is -0.475 e. The molecule has 1 aromatic rings. The molecule has 5 nitrogen and oxygen atoms in total. The summed E-state index contributed by atoms with van der Waals surface area (Å²) in [7, 11) is 0. The molecule has 0 spiro atoms. The van der Waals surface area contributed by atoms with Crippen molar-refractivity contribution in [2.45, 2.75) is 24.8 Å². The summed E-state index contributed by atoms with van der Waals surface area (Å²) in [5, 5.41) is 12.6. The summed E-state index contributed by atoms with van der Waals surface area (Å²) in [6.07, 6.45) is 4.99. The molecule has 4 rings (SSSR count). The number of carbonyl (C=O) groups is 1. The molecule has 3 aliphatic carbocycles. The molecule has 68 valence electrons. The van der Waals surface area contributed by atoms with Gasteiger partial charge in [0.15, 0.2) is 0 Å². The molecule has 0 aromatic carbocycles. The molecule has 3 fully saturated rings. The molecule has 0 saturated heterocycles. The minimum atomic E-state index is -1.05. The number of hydrogen-bond acceptors (Lipinski definition) is 3. The van der Waals surface area contributed by atoms with Gasteiger partial charge in [0.2, 0.25) is 0 Å². The molecule has 0 unspecified atom stereocenters. The van der Waals surface area contributed by atoms with Crippen LogP contribution in [0.5, 0.6) is 0 Å². The Bertz CT molecular complexity index is 367. The summed E-state index contributed by atoms with van der Waals surface area (Å²) >= 11 is 0. The van der Waals surface area contributed by atoms with Crippen molar-refractivity contribution >= 4 is 5.97 Å². The highest BCUT2D eigenvalue weighted by Crippen LogP contribution is 2.61. The SMILES string of the molecule is O=C(O)c1ncn(C23CC(C2)C3)n1. The fourth-order valence-electron chi connectivity index (χ4n) is 2.30. The third-order valence-corrected chi connectivity index (χ3v) is 3.18. The molecule has 1 heterocycles. The van der Waals surface area contributed by atoms with Crippen molar-refractivity contribution < 1.29 is 9.90 Å². The maximum atomic E-state index is 10.5. The van der Waals surface area contributed by atoms with Crippen LogP contribution in [-0.2, 0) is 5.54 Å². The van der Waals surface area contributed by atoms with Crippen LogP contribution in [0.1, 0.15) is 29.9 Å². The van der Waals surface area contributed by atoms with Gasteiger partial charge in [0.25, 0.3) is 5.82 Å². The van der Waals surface area contributed by atoms with E-state index in [9.17, 15) is 4.79 Å². The molecule has 2 bridgehead atoms. The van der Waals surface area contributed by atoms with Crippen molar-refractivity contribution in [1.82, 2.24) is 14.8 Å². The van der Waals surface area contributed by atoms with E-state index in [4.69, 9.17) is 5.11 Å². The Morgan fingerprint density at radius 1 is 1.62 bits per heavy atom. The van der Waals surface area contributed by atoms with Gasteiger partial charge in [-0.2, -0.15) is 0 Å². The highest BCUT2D eigenvalue weighted by Gasteiger charge is 2.58. The van der Waals surface area contributed by atoms with Gasteiger partial charge in [-0.05, 0) is 25.2 Å². The van der Waals surface area contributed by atoms with E-state index in [-0.39, 0.29) is 11.4 Å². The third kappa shape index (κ3) is 0.740. The second-order valence-corrected chi connectivity index (χ2v) is 4.02. The summed E-state index contributed by atoms with van der Waals surface area (Å²) in [5.41, 5.74) is 0.144. The zero-order chi connectivity index (χ0) is 9.05. The van der Waals surface area contributed by atoms with Crippen LogP contribution in [0.15, 0.2) is 6.33 Å². The predicted octanol–water partition coefficient (Wildman–Crippen LogP) is 0.485. The lowest BCUT2D eigenvalue weighted by atomic mass is 9.50. The van der Waals surface area contributed by atoms with Gasteiger partial charge in [-0.3, -0.25) is 0 Å². The Balaban J connectivity index is 1.93. The first kappa shape index (κ1) is 7.06. The van der Waals surface area contributed by atoms with Gasteiger partial charge in [-0.25, -0.2) is 14.5 Å². The number of carboxylic acid groups (broad SMARTS) is 1. The molecule has 0 atom stereocenters. The fraction of sp³-hybridized carbons (Fsp3) is 0.625. The summed E-state index contributed by atoms with van der Waals surface area (Å²) in [6, 6.07) is 0. The minimum absolute atomic E-state index is 0.0928. The van der Waals surface area contributed by atoms with Gasteiger partial charge in [0.05, 0.1) is 5.54 Å². The van der Waals surface area contributed by atoms with E-state index in [1.165, 1.54) is 0 Å². The van der Waals surface area contributed by atoms with Gasteiger partial charge in [0, 0.05) is 0 Å². The number of rotatable bonds is 2. The highest BCUT2D eigenvalue weighted by atomic mass is 16.4. The van der Waals surface area contributed by atoms with Crippen molar-refractivity contribution in [3.63, 3.8) is 0 Å². The summed E-state index contributed by atoms with van der Waals surface area (Å²) in [4.78, 5) is 14.3. The van der Waals surface area contributed by atoms with Crippen molar-refractivity contribution in [3.8, 4) is 0 Å². The Hall–Kier alpha value is -1.39. The number of aromatic nitrogens is 3. The lowest BCUT2D eigenvalue weighted by Crippen LogP contribution is -2.59. The van der Waals surface area contributed by atoms with Crippen LogP contribution in [-0.4, -0.2) is 25.8 Å². The summed E-state index contributed by atoms with van der Waals surface area (Å²) in [6.45, 7) is 0. The van der Waals surface area contributed by atoms with E-state index in [1.807, 2.05) is 0 Å². The fourth-order valence-corrected chi connectivity index (χ4v) is 2.30. The molecular formula is C8H9N3O2. The van der Waals surface area contributed by atoms with Crippen molar-refractivity contribution in [3.05, 3.63) is 12.2 Å². The zero-order valence-corrected chi connectivity index (χ0v) is 6.97. The second-order valence-electron chi connectivity index (χ2n) is 4.02. The van der Waals surface area contributed by atoms with Crippen LogP contribution in [0.25, 0.3) is 0 Å². The van der Waals surface area contributed by atoms with Crippen LogP contribution in [0.3, 0.4) is 0 Å². The maximum absolute atomic E-state index is 10.5. The topological polar surface area (TPSA) is 68.0 Å². The third-order valence-electron chi connectivity index (χ3n) is 3.18. The number of carboxylic acids is 1. The average molecular weight is 179 g/mol. The van der Waals surface area contributed by atoms with Crippen molar-refractivity contribution in [2.75, 3.05) is 0 Å². The lowest BCUT2D eigenvalue weighted by Gasteiger charge is -2.61. The van der Waals surface area contributed by atoms with E-state index in [0.717, 1.165) is 25.2 Å². The smallest absolute Gasteiger partial charge is 0.375 e. The molecule has 0 aliphatic heterocycles. The summed E-state index contributed by atoms with van der Waals surface area (Å²) in [5.74, 6) is -0.285. The lowest BCUT2D eigenvalue weighted by molar-refractivity contribution is -0.0981. The molecule has 1 N–H and O–H groups in total. The Kier molecular flexibility index (Phi) is 1.04.